The zero-order valence-electron chi connectivity index (χ0n) is 12.1. The van der Waals surface area contributed by atoms with E-state index >= 15 is 0 Å². The summed E-state index contributed by atoms with van der Waals surface area (Å²) in [4.78, 5) is 11.2. The number of aliphatic hydroxyl groups excluding tert-OH is 2. The number of amides is 1. The molecule has 1 aliphatic rings. The Bertz CT molecular complexity index is 289. The fourth-order valence-corrected chi connectivity index (χ4v) is 2.41. The lowest BCUT2D eigenvalue weighted by Crippen LogP contribution is -2.58. The summed E-state index contributed by atoms with van der Waals surface area (Å²) in [7, 11) is 0. The molecule has 1 saturated heterocycles. The summed E-state index contributed by atoms with van der Waals surface area (Å²) in [5.74, 6) is 0.175. The Morgan fingerprint density at radius 1 is 1.44 bits per heavy atom. The van der Waals surface area contributed by atoms with Crippen LogP contribution < -0.4 is 5.32 Å². The van der Waals surface area contributed by atoms with Crippen LogP contribution in [0.4, 0.5) is 0 Å². The van der Waals surface area contributed by atoms with E-state index in [1.165, 1.54) is 6.92 Å². The molecule has 5 atom stereocenters. The van der Waals surface area contributed by atoms with Gasteiger partial charge in [-0.25, -0.2) is 0 Å². The van der Waals surface area contributed by atoms with Gasteiger partial charge in [-0.1, -0.05) is 13.8 Å². The molecule has 18 heavy (non-hydrogen) atoms. The van der Waals surface area contributed by atoms with E-state index in [0.29, 0.717) is 6.61 Å². The largest absolute Gasteiger partial charge is 0.394 e. The minimum absolute atomic E-state index is 0.111. The Morgan fingerprint density at radius 2 is 2.17 bits per heavy atom. The fourth-order valence-electron chi connectivity index (χ4n) is 2.41. The number of aliphatic hydroxyl groups is 2. The fraction of sp³-hybridized carbons (Fsp3) is 0.917. The van der Waals surface area contributed by atoms with Crippen LogP contribution in [-0.4, -0.2) is 55.8 Å². The molecule has 3 N–H and O–H groups in total. The van der Waals surface area contributed by atoms with Crippen molar-refractivity contribution < 1.29 is 24.5 Å². The number of hydrogen-bond donors (Lipinski definition) is 3. The molecule has 0 saturated carbocycles. The van der Waals surface area contributed by atoms with E-state index in [9.17, 15) is 9.90 Å². The number of carbonyl (C=O) groups excluding carboxylic acids is 1. The quantitative estimate of drug-likeness (QED) is 0.444. The Labute approximate surface area is 109 Å². The number of ether oxygens (including phenoxy) is 2. The van der Waals surface area contributed by atoms with Crippen LogP contribution in [0.3, 0.4) is 0 Å². The van der Waals surface area contributed by atoms with Gasteiger partial charge in [-0.3, -0.25) is 4.79 Å². The van der Waals surface area contributed by atoms with Crippen LogP contribution in [0.1, 0.15) is 20.8 Å². The molecule has 1 aliphatic heterocycles. The van der Waals surface area contributed by atoms with Crippen molar-refractivity contribution in [1.82, 2.24) is 5.32 Å². The van der Waals surface area contributed by atoms with Crippen LogP contribution in [0.5, 0.6) is 0 Å². The summed E-state index contributed by atoms with van der Waals surface area (Å²) in [5, 5.41) is 16.3. The summed E-state index contributed by atoms with van der Waals surface area (Å²) >= 11 is 0. The smallest absolute Gasteiger partial charge is 0.217 e. The zero-order valence-corrected chi connectivity index (χ0v) is 11.1. The van der Waals surface area contributed by atoms with Crippen molar-refractivity contribution >= 4 is 5.91 Å². The van der Waals surface area contributed by atoms with Gasteiger partial charge in [0.1, 0.15) is 12.9 Å². The third-order valence-electron chi connectivity index (χ3n) is 3.65. The molecule has 0 spiro atoms. The van der Waals surface area contributed by atoms with Gasteiger partial charge in [-0.05, 0) is 11.8 Å². The van der Waals surface area contributed by atoms with Crippen LogP contribution in [0.2, 0.25) is 0 Å². The molecule has 1 rings (SSSR count). The Kier molecular flexibility index (Phi) is 5.37. The number of rotatable bonds is 6. The molecule has 6 heteroatoms. The first-order valence-electron chi connectivity index (χ1n) is 6.61. The van der Waals surface area contributed by atoms with Crippen molar-refractivity contribution in [2.45, 2.75) is 39.0 Å². The molecule has 0 unspecified atom stereocenters. The number of hydrogen-bond acceptors (Lipinski definition) is 5. The predicted octanol–water partition coefficient (Wildman–Crippen LogP) is -0.511. The maximum Gasteiger partial charge on any atom is 0.217 e. The molecule has 0 aromatic carbocycles. The lowest BCUT2D eigenvalue weighted by Gasteiger charge is -2.44. The van der Waals surface area contributed by atoms with Crippen molar-refractivity contribution in [2.75, 3.05) is 20.0 Å². The molecular formula is C12H23NO5. The Hall–Kier alpha value is -0.690. The summed E-state index contributed by atoms with van der Waals surface area (Å²) in [6.07, 6.45) is -0.632. The second-order valence-corrected chi connectivity index (χ2v) is 4.83. The molecule has 6 nitrogen and oxygen atoms in total. The number of carbonyl (C=O) groups is 1. The van der Waals surface area contributed by atoms with E-state index in [1.54, 1.807) is 0 Å². The first-order valence-corrected chi connectivity index (χ1v) is 6.20. The summed E-state index contributed by atoms with van der Waals surface area (Å²) in [6.45, 7) is 5.51. The van der Waals surface area contributed by atoms with Crippen LogP contribution in [0.15, 0.2) is 0 Å². The molecule has 1 heterocycles. The molecule has 0 radical (unpaired) electrons. The topological polar surface area (TPSA) is 88.0 Å². The van der Waals surface area contributed by atoms with Gasteiger partial charge in [-0.2, -0.15) is 0 Å². The summed E-state index contributed by atoms with van der Waals surface area (Å²) in [6, 6.07) is -0.207. The van der Waals surface area contributed by atoms with E-state index in [0.717, 1.165) is 0 Å². The Balaban J connectivity index is 2.64. The minimum Gasteiger partial charge on any atom is -0.394 e. The van der Waals surface area contributed by atoms with Crippen molar-refractivity contribution in [2.24, 2.45) is 11.8 Å². The van der Waals surface area contributed by atoms with Gasteiger partial charge in [0.2, 0.25) is 7.34 Å². The van der Waals surface area contributed by atoms with E-state index in [-0.39, 0.29) is 43.3 Å². The summed E-state index contributed by atoms with van der Waals surface area (Å²) in [5.41, 5.74) is 0. The maximum atomic E-state index is 11.2. The maximum absolute atomic E-state index is 11.2. The van der Waals surface area contributed by atoms with Gasteiger partial charge < -0.3 is 25.0 Å². The van der Waals surface area contributed by atoms with Crippen molar-refractivity contribution in [3.05, 3.63) is 0 Å². The van der Waals surface area contributed by atoms with E-state index < -0.39 is 6.10 Å². The zero-order chi connectivity index (χ0) is 14.4. The number of nitrogens with one attached hydrogen (secondary N) is 1. The van der Waals surface area contributed by atoms with Crippen LogP contribution in [0, 0.1) is 11.8 Å². The van der Waals surface area contributed by atoms with Crippen molar-refractivity contribution in [3.8, 4) is 0 Å². The highest BCUT2D eigenvalue weighted by Crippen LogP contribution is 2.30. The first kappa shape index (κ1) is 13.7. The normalized spacial score (nSPS) is 37.1. The van der Waals surface area contributed by atoms with Gasteiger partial charge >= 0.3 is 0 Å². The van der Waals surface area contributed by atoms with Gasteiger partial charge in [0.05, 0.1) is 25.4 Å². The lowest BCUT2D eigenvalue weighted by atomic mass is 9.80. The standard InChI is InChI=1S/C12H23NO5/c1-7-8(2)12(13-9(3)16)10(4-14)18-11(7)5-17-6-15/h7-8,10-12,14-15H,4-6H2,1-3H3,(H,13,16)/t7-,8-,10-,11+,12+/m0/s1/i15T. The minimum atomic E-state index is -0.444. The van der Waals surface area contributed by atoms with E-state index in [2.05, 4.69) is 10.4 Å². The second kappa shape index (κ2) is 7.04. The van der Waals surface area contributed by atoms with Gasteiger partial charge in [0.25, 0.3) is 0 Å². The molecule has 0 aromatic heterocycles. The highest BCUT2D eigenvalue weighted by molar-refractivity contribution is 5.73. The molecule has 106 valence electrons. The molecular weight excluding hydrogens is 238 g/mol. The van der Waals surface area contributed by atoms with E-state index in [1.807, 2.05) is 13.8 Å². The van der Waals surface area contributed by atoms with Gasteiger partial charge in [-0.15, -0.1) is 0 Å². The molecule has 0 aromatic rings. The van der Waals surface area contributed by atoms with Gasteiger partial charge in [0.15, 0.2) is 0 Å². The van der Waals surface area contributed by atoms with Crippen molar-refractivity contribution in [3.63, 3.8) is 0 Å². The highest BCUT2D eigenvalue weighted by atomic mass is 16.6. The van der Waals surface area contributed by atoms with Crippen molar-refractivity contribution in [1.29, 1.82) is 1.43 Å². The third-order valence-corrected chi connectivity index (χ3v) is 3.65. The lowest BCUT2D eigenvalue weighted by molar-refractivity contribution is -0.168. The molecule has 1 amide bonds. The average Bonchev–Trinajstić information content (AvgIpc) is 2.37. The first-order chi connectivity index (χ1) is 9.01. The van der Waals surface area contributed by atoms with Crippen LogP contribution >= 0.6 is 0 Å². The molecule has 0 aliphatic carbocycles. The van der Waals surface area contributed by atoms with Gasteiger partial charge in [0, 0.05) is 6.92 Å². The SMILES string of the molecule is [3H]OCOC[C@H]1O[C@@H](CO)[C@H](NC(C)=O)[C@@H](C)[C@@H]1C. The molecule has 1 fully saturated rings. The average molecular weight is 263 g/mol. The van der Waals surface area contributed by atoms with E-state index in [4.69, 9.17) is 10.9 Å². The highest BCUT2D eigenvalue weighted by Gasteiger charge is 2.41. The summed E-state index contributed by atoms with van der Waals surface area (Å²) < 4.78 is 17.5. The Morgan fingerprint density at radius 3 is 2.72 bits per heavy atom. The monoisotopic (exact) mass is 263 g/mol. The van der Waals surface area contributed by atoms with Crippen LogP contribution in [0.25, 0.3) is 0 Å². The predicted molar refractivity (Wildman–Crippen MR) is 64.7 cm³/mol. The van der Waals surface area contributed by atoms with Crippen LogP contribution in [-0.2, 0) is 14.3 Å². The second-order valence-electron chi connectivity index (χ2n) is 4.83. The third kappa shape index (κ3) is 3.65. The molecule has 0 bridgehead atoms.